The summed E-state index contributed by atoms with van der Waals surface area (Å²) < 4.78 is 1.83. The molecule has 0 aliphatic carbocycles. The Morgan fingerprint density at radius 2 is 2.24 bits per heavy atom. The summed E-state index contributed by atoms with van der Waals surface area (Å²) in [7, 11) is 0. The van der Waals surface area contributed by atoms with Gasteiger partial charge in [0.15, 0.2) is 0 Å². The smallest absolute Gasteiger partial charge is 0.236 e. The quantitative estimate of drug-likeness (QED) is 0.743. The molecule has 2 rings (SSSR count). The number of imidazole rings is 1. The average Bonchev–Trinajstić information content (AvgIpc) is 2.68. The fourth-order valence-corrected chi connectivity index (χ4v) is 1.49. The number of carbonyl (C=O) groups excluding carboxylic acids is 2. The Bertz CT molecular complexity index is 528. The number of nitrogens with one attached hydrogen (secondary N) is 1. The van der Waals surface area contributed by atoms with Gasteiger partial charge in [-0.3, -0.25) is 9.59 Å². The van der Waals surface area contributed by atoms with Crippen LogP contribution in [0.25, 0.3) is 5.65 Å². The van der Waals surface area contributed by atoms with Gasteiger partial charge in [0.2, 0.25) is 11.8 Å². The number of carbonyl (C=O) groups is 2. The predicted molar refractivity (Wildman–Crippen MR) is 61.1 cm³/mol. The first kappa shape index (κ1) is 11.1. The number of fused-ring (bicyclic) bond motifs is 1. The molecule has 2 aromatic rings. The van der Waals surface area contributed by atoms with Crippen molar-refractivity contribution in [3.63, 3.8) is 0 Å². The second-order valence-corrected chi connectivity index (χ2v) is 3.62. The topological polar surface area (TPSA) is 89.5 Å². The summed E-state index contributed by atoms with van der Waals surface area (Å²) in [6.45, 7) is -0.147. The fourth-order valence-electron chi connectivity index (χ4n) is 1.49. The minimum atomic E-state index is -0.562. The van der Waals surface area contributed by atoms with Gasteiger partial charge in [0.05, 0.1) is 18.7 Å². The molecule has 0 radical (unpaired) electrons. The van der Waals surface area contributed by atoms with Crippen molar-refractivity contribution in [1.82, 2.24) is 14.7 Å². The average molecular weight is 232 g/mol. The SMILES string of the molecule is NC(=O)CNC(=O)Cc1cn2ccccc2n1. The van der Waals surface area contributed by atoms with Crippen LogP contribution in [-0.4, -0.2) is 27.7 Å². The minimum absolute atomic E-state index is 0.134. The van der Waals surface area contributed by atoms with Crippen LogP contribution in [0, 0.1) is 0 Å². The molecule has 0 spiro atoms. The molecular formula is C11H12N4O2. The lowest BCUT2D eigenvalue weighted by Gasteiger charge is -1.99. The number of primary amides is 1. The molecule has 0 aliphatic heterocycles. The third-order valence-electron chi connectivity index (χ3n) is 2.22. The lowest BCUT2D eigenvalue weighted by Crippen LogP contribution is -2.34. The Balaban J connectivity index is 2.03. The number of pyridine rings is 1. The van der Waals surface area contributed by atoms with Crippen molar-refractivity contribution in [2.75, 3.05) is 6.54 Å². The van der Waals surface area contributed by atoms with E-state index in [1.807, 2.05) is 28.8 Å². The minimum Gasteiger partial charge on any atom is -0.368 e. The summed E-state index contributed by atoms with van der Waals surface area (Å²) in [5, 5.41) is 2.41. The third-order valence-corrected chi connectivity index (χ3v) is 2.22. The van der Waals surface area contributed by atoms with Gasteiger partial charge in [-0.2, -0.15) is 0 Å². The highest BCUT2D eigenvalue weighted by Crippen LogP contribution is 2.04. The highest BCUT2D eigenvalue weighted by atomic mass is 16.2. The van der Waals surface area contributed by atoms with E-state index in [4.69, 9.17) is 5.73 Å². The zero-order valence-corrected chi connectivity index (χ0v) is 9.09. The standard InChI is InChI=1S/C11H12N4O2/c12-9(16)6-13-11(17)5-8-7-15-4-2-1-3-10(15)14-8/h1-4,7H,5-6H2,(H2,12,16)(H,13,17). The molecule has 6 nitrogen and oxygen atoms in total. The van der Waals surface area contributed by atoms with Crippen LogP contribution in [0.15, 0.2) is 30.6 Å². The lowest BCUT2D eigenvalue weighted by atomic mass is 10.3. The van der Waals surface area contributed by atoms with Crippen molar-refractivity contribution in [3.8, 4) is 0 Å². The molecule has 0 atom stereocenters. The number of nitrogens with zero attached hydrogens (tertiary/aromatic N) is 2. The van der Waals surface area contributed by atoms with E-state index in [0.29, 0.717) is 5.69 Å². The fraction of sp³-hybridized carbons (Fsp3) is 0.182. The third kappa shape index (κ3) is 2.81. The Labute approximate surface area is 97.4 Å². The summed E-state index contributed by atoms with van der Waals surface area (Å²) in [6.07, 6.45) is 3.77. The highest BCUT2D eigenvalue weighted by molar-refractivity contribution is 5.84. The number of amides is 2. The van der Waals surface area contributed by atoms with Crippen LogP contribution in [0.4, 0.5) is 0 Å². The first-order valence-corrected chi connectivity index (χ1v) is 5.13. The van der Waals surface area contributed by atoms with Crippen LogP contribution < -0.4 is 11.1 Å². The maximum Gasteiger partial charge on any atom is 0.236 e. The van der Waals surface area contributed by atoms with Gasteiger partial charge in [0.25, 0.3) is 0 Å². The van der Waals surface area contributed by atoms with E-state index < -0.39 is 5.91 Å². The monoisotopic (exact) mass is 232 g/mol. The summed E-state index contributed by atoms with van der Waals surface area (Å²) in [5.74, 6) is -0.833. The molecule has 0 aliphatic rings. The first-order chi connectivity index (χ1) is 8.15. The summed E-state index contributed by atoms with van der Waals surface area (Å²) in [6, 6.07) is 5.61. The van der Waals surface area contributed by atoms with E-state index in [2.05, 4.69) is 10.3 Å². The Hall–Kier alpha value is -2.37. The number of hydrogen-bond acceptors (Lipinski definition) is 3. The highest BCUT2D eigenvalue weighted by Gasteiger charge is 2.07. The van der Waals surface area contributed by atoms with Crippen LogP contribution in [0.2, 0.25) is 0 Å². The number of nitrogens with two attached hydrogens (primary N) is 1. The van der Waals surface area contributed by atoms with Gasteiger partial charge in [-0.05, 0) is 12.1 Å². The Morgan fingerprint density at radius 1 is 1.41 bits per heavy atom. The number of aromatic nitrogens is 2. The van der Waals surface area contributed by atoms with Crippen LogP contribution >= 0.6 is 0 Å². The maximum atomic E-state index is 11.4. The van der Waals surface area contributed by atoms with Gasteiger partial charge >= 0.3 is 0 Å². The normalized spacial score (nSPS) is 10.4. The van der Waals surface area contributed by atoms with Crippen molar-refractivity contribution < 1.29 is 9.59 Å². The second kappa shape index (κ2) is 4.65. The van der Waals surface area contributed by atoms with Gasteiger partial charge in [0.1, 0.15) is 5.65 Å². The largest absolute Gasteiger partial charge is 0.368 e. The molecule has 0 saturated carbocycles. The Kier molecular flexibility index (Phi) is 3.04. The molecule has 6 heteroatoms. The molecule has 88 valence electrons. The first-order valence-electron chi connectivity index (χ1n) is 5.13. The van der Waals surface area contributed by atoms with Gasteiger partial charge in [-0.15, -0.1) is 0 Å². The van der Waals surface area contributed by atoms with Crippen LogP contribution in [-0.2, 0) is 16.0 Å². The molecule has 0 fully saturated rings. The van der Waals surface area contributed by atoms with Crippen molar-refractivity contribution in [3.05, 3.63) is 36.3 Å². The lowest BCUT2D eigenvalue weighted by molar-refractivity contribution is -0.124. The van der Waals surface area contributed by atoms with E-state index in [0.717, 1.165) is 5.65 Å². The molecule has 0 aromatic carbocycles. The zero-order chi connectivity index (χ0) is 12.3. The molecule has 17 heavy (non-hydrogen) atoms. The van der Waals surface area contributed by atoms with E-state index >= 15 is 0 Å². The van der Waals surface area contributed by atoms with Gasteiger partial charge in [0, 0.05) is 12.4 Å². The predicted octanol–water partition coefficient (Wildman–Crippen LogP) is -0.522. The molecular weight excluding hydrogens is 220 g/mol. The van der Waals surface area contributed by atoms with E-state index in [9.17, 15) is 9.59 Å². The van der Waals surface area contributed by atoms with Crippen molar-refractivity contribution in [2.24, 2.45) is 5.73 Å². The molecule has 2 amide bonds. The van der Waals surface area contributed by atoms with Crippen molar-refractivity contribution in [1.29, 1.82) is 0 Å². The van der Waals surface area contributed by atoms with Crippen molar-refractivity contribution in [2.45, 2.75) is 6.42 Å². The maximum absolute atomic E-state index is 11.4. The van der Waals surface area contributed by atoms with Crippen LogP contribution in [0.5, 0.6) is 0 Å². The van der Waals surface area contributed by atoms with E-state index in [-0.39, 0.29) is 18.9 Å². The van der Waals surface area contributed by atoms with Gasteiger partial charge < -0.3 is 15.5 Å². The van der Waals surface area contributed by atoms with Gasteiger partial charge in [-0.1, -0.05) is 6.07 Å². The van der Waals surface area contributed by atoms with Gasteiger partial charge in [-0.25, -0.2) is 4.98 Å². The van der Waals surface area contributed by atoms with E-state index in [1.165, 1.54) is 0 Å². The summed E-state index contributed by atoms with van der Waals surface area (Å²) >= 11 is 0. The van der Waals surface area contributed by atoms with E-state index in [1.54, 1.807) is 6.20 Å². The molecule has 0 unspecified atom stereocenters. The van der Waals surface area contributed by atoms with Crippen molar-refractivity contribution >= 4 is 17.5 Å². The molecule has 2 aromatic heterocycles. The number of rotatable bonds is 4. The van der Waals surface area contributed by atoms with Crippen LogP contribution in [0.3, 0.4) is 0 Å². The second-order valence-electron chi connectivity index (χ2n) is 3.62. The summed E-state index contributed by atoms with van der Waals surface area (Å²) in [4.78, 5) is 26.2. The molecule has 0 saturated heterocycles. The molecule has 2 heterocycles. The molecule has 0 bridgehead atoms. The summed E-state index contributed by atoms with van der Waals surface area (Å²) in [5.41, 5.74) is 6.36. The zero-order valence-electron chi connectivity index (χ0n) is 9.09. The Morgan fingerprint density at radius 3 is 2.94 bits per heavy atom. The number of hydrogen-bond donors (Lipinski definition) is 2. The van der Waals surface area contributed by atoms with Crippen LogP contribution in [0.1, 0.15) is 5.69 Å². The molecule has 3 N–H and O–H groups in total.